The maximum atomic E-state index is 9.80. The van der Waals surface area contributed by atoms with Gasteiger partial charge in [-0.2, -0.15) is 0 Å². The molecule has 27 heavy (non-hydrogen) atoms. The van der Waals surface area contributed by atoms with Gasteiger partial charge in [0, 0.05) is 13.1 Å². The van der Waals surface area contributed by atoms with Gasteiger partial charge in [-0.25, -0.2) is 0 Å². The van der Waals surface area contributed by atoms with E-state index in [1.807, 2.05) is 6.82 Å². The predicted molar refractivity (Wildman–Crippen MR) is 113 cm³/mol. The molecule has 0 aromatic rings. The summed E-state index contributed by atoms with van der Waals surface area (Å²) in [4.78, 5) is 4.84. The zero-order valence-electron chi connectivity index (χ0n) is 18.0. The Morgan fingerprint density at radius 2 is 1.67 bits per heavy atom. The Hall–Kier alpha value is -0.330. The van der Waals surface area contributed by atoms with Gasteiger partial charge in [-0.1, -0.05) is 12.1 Å². The summed E-state index contributed by atoms with van der Waals surface area (Å²) in [6.45, 7) is 15.9. The van der Waals surface area contributed by atoms with Gasteiger partial charge in [-0.3, -0.25) is 0 Å². The number of nitrogens with zero attached hydrogens (tertiary/aromatic N) is 2. The van der Waals surface area contributed by atoms with E-state index in [1.165, 1.54) is 38.8 Å². The van der Waals surface area contributed by atoms with Gasteiger partial charge in [0.1, 0.15) is 0 Å². The van der Waals surface area contributed by atoms with Crippen molar-refractivity contribution in [3.8, 4) is 0 Å². The first kappa shape index (κ1) is 21.4. The molecule has 0 aliphatic carbocycles. The first-order valence-electron chi connectivity index (χ1n) is 10.8. The lowest BCUT2D eigenvalue weighted by molar-refractivity contribution is 0.00578. The maximum absolute atomic E-state index is 9.80. The summed E-state index contributed by atoms with van der Waals surface area (Å²) in [5.74, 6) is 2.08. The van der Waals surface area contributed by atoms with Crippen molar-refractivity contribution in [2.75, 3.05) is 32.7 Å². The van der Waals surface area contributed by atoms with E-state index in [9.17, 15) is 5.02 Å². The van der Waals surface area contributed by atoms with Gasteiger partial charge in [0.15, 0.2) is 0 Å². The topological polar surface area (TPSA) is 45.2 Å². The van der Waals surface area contributed by atoms with Crippen LogP contribution in [0.2, 0.25) is 6.82 Å². The van der Waals surface area contributed by atoms with E-state index < -0.39 is 0 Å². The quantitative estimate of drug-likeness (QED) is 0.748. The van der Waals surface area contributed by atoms with Crippen LogP contribution in [0.3, 0.4) is 0 Å². The molecule has 0 bridgehead atoms. The summed E-state index contributed by atoms with van der Waals surface area (Å²) in [6.07, 6.45) is 8.35. The highest BCUT2D eigenvalue weighted by molar-refractivity contribution is 6.51. The molecule has 3 saturated heterocycles. The number of piperidine rings is 2. The van der Waals surface area contributed by atoms with E-state index in [2.05, 4.69) is 49.5 Å². The Morgan fingerprint density at radius 1 is 1.04 bits per heavy atom. The minimum Gasteiger partial charge on any atom is -0.437 e. The normalized spacial score (nSPS) is 28.3. The van der Waals surface area contributed by atoms with Gasteiger partial charge in [0.2, 0.25) is 0 Å². The van der Waals surface area contributed by atoms with Gasteiger partial charge in [0.25, 0.3) is 0 Å². The lowest BCUT2D eigenvalue weighted by atomic mass is 9.69. The third-order valence-corrected chi connectivity index (χ3v) is 7.30. The SMILES string of the molecule is CB(O)N1CCC2(CCCN(CCC=CB3OC(C)(C)C(C)(C)O3)C2)CC1. The molecule has 5 nitrogen and oxygen atoms in total. The monoisotopic (exact) mass is 376 g/mol. The minimum atomic E-state index is -0.304. The van der Waals surface area contributed by atoms with Gasteiger partial charge < -0.3 is 24.0 Å². The Morgan fingerprint density at radius 3 is 2.26 bits per heavy atom. The number of hydrogen-bond acceptors (Lipinski definition) is 5. The van der Waals surface area contributed by atoms with E-state index in [-0.39, 0.29) is 25.4 Å². The summed E-state index contributed by atoms with van der Waals surface area (Å²) >= 11 is 0. The predicted octanol–water partition coefficient (Wildman–Crippen LogP) is 2.85. The molecule has 1 spiro atoms. The standard InChI is InChI=1S/C20H38B2N2O3/c1-18(2)19(3,4)27-22(26-18)12-6-7-13-23-14-8-9-20(17-23)10-15-24(16-11-20)21(5)25/h6,12,25H,7-11,13-17H2,1-5H3. The molecule has 3 heterocycles. The van der Waals surface area contributed by atoms with Crippen LogP contribution < -0.4 is 0 Å². The number of rotatable bonds is 5. The van der Waals surface area contributed by atoms with Gasteiger partial charge in [-0.05, 0) is 91.7 Å². The fraction of sp³-hybridized carbons (Fsp3) is 0.900. The maximum Gasteiger partial charge on any atom is 0.486 e. The molecule has 3 fully saturated rings. The Balaban J connectivity index is 1.43. The molecule has 0 atom stereocenters. The van der Waals surface area contributed by atoms with Crippen LogP contribution in [0, 0.1) is 5.41 Å². The third-order valence-electron chi connectivity index (χ3n) is 7.30. The molecule has 152 valence electrons. The first-order chi connectivity index (χ1) is 12.6. The van der Waals surface area contributed by atoms with Crippen molar-refractivity contribution >= 4 is 14.2 Å². The van der Waals surface area contributed by atoms with Crippen molar-refractivity contribution < 1.29 is 14.3 Å². The van der Waals surface area contributed by atoms with Gasteiger partial charge in [0.05, 0.1) is 11.2 Å². The highest BCUT2D eigenvalue weighted by Crippen LogP contribution is 2.40. The molecule has 1 N–H and O–H groups in total. The van der Waals surface area contributed by atoms with Crippen LogP contribution in [-0.2, 0) is 9.31 Å². The van der Waals surface area contributed by atoms with E-state index in [4.69, 9.17) is 9.31 Å². The van der Waals surface area contributed by atoms with E-state index in [1.54, 1.807) is 0 Å². The van der Waals surface area contributed by atoms with Crippen molar-refractivity contribution in [2.45, 2.75) is 77.8 Å². The summed E-state index contributed by atoms with van der Waals surface area (Å²) < 4.78 is 12.1. The lowest BCUT2D eigenvalue weighted by Crippen LogP contribution is -2.52. The second-order valence-electron chi connectivity index (χ2n) is 9.89. The molecule has 3 aliphatic heterocycles. The summed E-state index contributed by atoms with van der Waals surface area (Å²) in [5.41, 5.74) is -0.0521. The lowest BCUT2D eigenvalue weighted by Gasteiger charge is -2.48. The molecule has 0 aromatic heterocycles. The van der Waals surface area contributed by atoms with Crippen LogP contribution in [0.15, 0.2) is 12.1 Å². The number of likely N-dealkylation sites (tertiary alicyclic amines) is 1. The van der Waals surface area contributed by atoms with Crippen molar-refractivity contribution in [3.05, 3.63) is 12.1 Å². The largest absolute Gasteiger partial charge is 0.486 e. The highest BCUT2D eigenvalue weighted by atomic mass is 16.7. The molecule has 0 radical (unpaired) electrons. The average Bonchev–Trinajstić information content (AvgIpc) is 2.79. The molecule has 3 aliphatic rings. The third kappa shape index (κ3) is 4.99. The van der Waals surface area contributed by atoms with Crippen molar-refractivity contribution in [1.29, 1.82) is 0 Å². The van der Waals surface area contributed by atoms with Crippen LogP contribution in [0.25, 0.3) is 0 Å². The van der Waals surface area contributed by atoms with Crippen LogP contribution in [-0.4, -0.2) is 72.8 Å². The number of hydrogen-bond donors (Lipinski definition) is 1. The molecule has 0 saturated carbocycles. The fourth-order valence-corrected chi connectivity index (χ4v) is 4.71. The smallest absolute Gasteiger partial charge is 0.437 e. The molecular formula is C20H38B2N2O3. The summed E-state index contributed by atoms with van der Waals surface area (Å²) in [6, 6.07) is 0. The Bertz CT molecular complexity index is 515. The second-order valence-corrected chi connectivity index (χ2v) is 9.89. The molecule has 7 heteroatoms. The Labute approximate surface area is 166 Å². The fourth-order valence-electron chi connectivity index (χ4n) is 4.71. The van der Waals surface area contributed by atoms with Gasteiger partial charge >= 0.3 is 14.2 Å². The second kappa shape index (κ2) is 8.19. The minimum absolute atomic E-state index is 0.229. The van der Waals surface area contributed by atoms with Crippen LogP contribution in [0.5, 0.6) is 0 Å². The van der Waals surface area contributed by atoms with Crippen molar-refractivity contribution in [1.82, 2.24) is 9.71 Å². The Kier molecular flexibility index (Phi) is 6.49. The summed E-state index contributed by atoms with van der Waals surface area (Å²) in [7, 11) is -0.533. The summed E-state index contributed by atoms with van der Waals surface area (Å²) in [5, 5.41) is 9.80. The zero-order chi connectivity index (χ0) is 19.7. The highest BCUT2D eigenvalue weighted by Gasteiger charge is 2.50. The molecule has 3 rings (SSSR count). The van der Waals surface area contributed by atoms with Crippen LogP contribution in [0.4, 0.5) is 0 Å². The molecule has 0 aromatic carbocycles. The van der Waals surface area contributed by atoms with E-state index in [0.29, 0.717) is 5.41 Å². The first-order valence-corrected chi connectivity index (χ1v) is 10.8. The molecule has 0 unspecified atom stereocenters. The molecular weight excluding hydrogens is 338 g/mol. The van der Waals surface area contributed by atoms with E-state index in [0.717, 1.165) is 26.1 Å². The molecule has 0 amide bonds. The van der Waals surface area contributed by atoms with Crippen molar-refractivity contribution in [3.63, 3.8) is 0 Å². The van der Waals surface area contributed by atoms with Crippen LogP contribution in [0.1, 0.15) is 59.8 Å². The van der Waals surface area contributed by atoms with Crippen molar-refractivity contribution in [2.24, 2.45) is 5.41 Å². The van der Waals surface area contributed by atoms with Crippen LogP contribution >= 0.6 is 0 Å². The van der Waals surface area contributed by atoms with Gasteiger partial charge in [-0.15, -0.1) is 0 Å². The van der Waals surface area contributed by atoms with E-state index >= 15 is 0 Å². The average molecular weight is 376 g/mol. The zero-order valence-corrected chi connectivity index (χ0v) is 18.0.